The summed E-state index contributed by atoms with van der Waals surface area (Å²) in [6.07, 6.45) is 14.2. The van der Waals surface area contributed by atoms with Crippen LogP contribution in [0.4, 0.5) is 0 Å². The van der Waals surface area contributed by atoms with Gasteiger partial charge in [-0.3, -0.25) is 4.98 Å². The molecule has 0 aromatic carbocycles. The number of rotatable bonds is 8. The van der Waals surface area contributed by atoms with E-state index in [1.165, 1.54) is 25.9 Å². The van der Waals surface area contributed by atoms with Crippen molar-refractivity contribution in [2.75, 3.05) is 13.1 Å². The van der Waals surface area contributed by atoms with Crippen molar-refractivity contribution in [2.45, 2.75) is 25.9 Å². The summed E-state index contributed by atoms with van der Waals surface area (Å²) in [5.41, 5.74) is 0. The fourth-order valence-electron chi connectivity index (χ4n) is 1.86. The molecule has 0 aliphatic carbocycles. The molecule has 5 heteroatoms. The number of aromatic amines is 1. The van der Waals surface area contributed by atoms with E-state index < -0.39 is 0 Å². The largest absolute Gasteiger partial charge is 0.346 e. The molecule has 2 aromatic heterocycles. The predicted molar refractivity (Wildman–Crippen MR) is 64.1 cm³/mol. The van der Waals surface area contributed by atoms with E-state index in [1.807, 2.05) is 31.2 Å². The maximum absolute atomic E-state index is 4.03. The summed E-state index contributed by atoms with van der Waals surface area (Å²) in [6, 6.07) is 0. The quantitative estimate of drug-likeness (QED) is 0.472. The van der Waals surface area contributed by atoms with Crippen LogP contribution in [-0.2, 0) is 13.1 Å². The summed E-state index contributed by atoms with van der Waals surface area (Å²) in [5.74, 6) is 0. The second-order valence-corrected chi connectivity index (χ2v) is 4.22. The Morgan fingerprint density at radius 2 is 2.24 bits per heavy atom. The highest BCUT2D eigenvalue weighted by atomic mass is 15.0. The Balaban J connectivity index is 1.44. The molecule has 0 fully saturated rings. The average molecular weight is 235 g/mol. The van der Waals surface area contributed by atoms with Gasteiger partial charge < -0.3 is 9.88 Å². The molecule has 2 rings (SSSR count). The lowest BCUT2D eigenvalue weighted by Gasteiger charge is -2.02. The lowest BCUT2D eigenvalue weighted by molar-refractivity contribution is -0.709. The van der Waals surface area contributed by atoms with Crippen LogP contribution in [0.5, 0.6) is 0 Å². The molecule has 0 amide bonds. The predicted octanol–water partition coefficient (Wildman–Crippen LogP) is -0.457. The van der Waals surface area contributed by atoms with E-state index in [-0.39, 0.29) is 0 Å². The van der Waals surface area contributed by atoms with Gasteiger partial charge in [0.25, 0.3) is 0 Å². The molecule has 2 aromatic rings. The van der Waals surface area contributed by atoms with Gasteiger partial charge in [-0.05, 0) is 0 Å². The van der Waals surface area contributed by atoms with Gasteiger partial charge in [0.05, 0.1) is 26.0 Å². The monoisotopic (exact) mass is 235 g/mol. The third-order valence-electron chi connectivity index (χ3n) is 2.81. The zero-order chi connectivity index (χ0) is 11.8. The van der Waals surface area contributed by atoms with Gasteiger partial charge in [0.2, 0.25) is 6.33 Å². The van der Waals surface area contributed by atoms with E-state index in [0.717, 1.165) is 13.1 Å². The van der Waals surface area contributed by atoms with Gasteiger partial charge in [-0.15, -0.1) is 0 Å². The molecular formula is C12H21N5+2. The zero-order valence-corrected chi connectivity index (χ0v) is 10.1. The van der Waals surface area contributed by atoms with E-state index in [2.05, 4.69) is 30.6 Å². The van der Waals surface area contributed by atoms with E-state index in [4.69, 9.17) is 0 Å². The van der Waals surface area contributed by atoms with Crippen LogP contribution in [0.3, 0.4) is 0 Å². The fraction of sp³-hybridized carbons (Fsp3) is 0.500. The van der Waals surface area contributed by atoms with Gasteiger partial charge in [-0.1, -0.05) is 0 Å². The standard InChI is InChI=1S/C12H19N5/c1(7-16-9-5-14-11-16)3-13-4-2-8-17-10-6-15-12-17/h5-6,9-13H,1-4,7-8H2/p+2. The van der Waals surface area contributed by atoms with E-state index in [1.54, 1.807) is 0 Å². The number of nitrogens with two attached hydrogens (primary N) is 1. The van der Waals surface area contributed by atoms with Crippen molar-refractivity contribution >= 4 is 0 Å². The third kappa shape index (κ3) is 4.40. The molecule has 0 radical (unpaired) electrons. The van der Waals surface area contributed by atoms with Crippen LogP contribution >= 0.6 is 0 Å². The molecule has 0 spiro atoms. The van der Waals surface area contributed by atoms with Gasteiger partial charge in [-0.25, -0.2) is 9.55 Å². The first-order valence-electron chi connectivity index (χ1n) is 6.24. The Morgan fingerprint density at radius 3 is 3.00 bits per heavy atom. The molecule has 0 bridgehead atoms. The van der Waals surface area contributed by atoms with Crippen LogP contribution in [0.15, 0.2) is 37.4 Å². The smallest absolute Gasteiger partial charge is 0.241 e. The number of H-pyrrole nitrogens is 1. The number of quaternary nitrogens is 1. The van der Waals surface area contributed by atoms with Gasteiger partial charge in [0.1, 0.15) is 12.4 Å². The first kappa shape index (κ1) is 11.9. The van der Waals surface area contributed by atoms with Crippen molar-refractivity contribution in [2.24, 2.45) is 0 Å². The van der Waals surface area contributed by atoms with Crippen LogP contribution in [0, 0.1) is 0 Å². The van der Waals surface area contributed by atoms with E-state index >= 15 is 0 Å². The van der Waals surface area contributed by atoms with E-state index in [9.17, 15) is 0 Å². The SMILES string of the molecule is c1cn(CCC[NH2+]CCC[n+]2cc[nH]c2)cn1. The van der Waals surface area contributed by atoms with Gasteiger partial charge in [0.15, 0.2) is 0 Å². The maximum Gasteiger partial charge on any atom is 0.241 e. The number of nitrogens with one attached hydrogen (secondary N) is 1. The third-order valence-corrected chi connectivity index (χ3v) is 2.81. The molecule has 92 valence electrons. The van der Waals surface area contributed by atoms with Crippen molar-refractivity contribution in [3.8, 4) is 0 Å². The first-order chi connectivity index (χ1) is 8.45. The molecule has 0 unspecified atom stereocenters. The van der Waals surface area contributed by atoms with Crippen molar-refractivity contribution in [1.82, 2.24) is 14.5 Å². The summed E-state index contributed by atoms with van der Waals surface area (Å²) in [6.45, 7) is 4.56. The van der Waals surface area contributed by atoms with Crippen molar-refractivity contribution in [3.63, 3.8) is 0 Å². The molecule has 0 aliphatic rings. The number of imidazole rings is 2. The summed E-state index contributed by atoms with van der Waals surface area (Å²) in [5, 5.41) is 2.39. The van der Waals surface area contributed by atoms with Gasteiger partial charge in [0, 0.05) is 31.8 Å². The summed E-state index contributed by atoms with van der Waals surface area (Å²) < 4.78 is 4.31. The minimum absolute atomic E-state index is 1.07. The summed E-state index contributed by atoms with van der Waals surface area (Å²) in [4.78, 5) is 7.08. The Bertz CT molecular complexity index is 341. The normalized spacial score (nSPS) is 10.8. The lowest BCUT2D eigenvalue weighted by Crippen LogP contribution is -2.84. The Kier molecular flexibility index (Phi) is 4.78. The number of aryl methyl sites for hydroxylation is 2. The highest BCUT2D eigenvalue weighted by Crippen LogP contribution is 1.87. The highest BCUT2D eigenvalue weighted by Gasteiger charge is 1.98. The molecule has 5 nitrogen and oxygen atoms in total. The Labute approximate surface area is 102 Å². The lowest BCUT2D eigenvalue weighted by atomic mass is 10.3. The molecule has 0 saturated carbocycles. The number of nitrogens with zero attached hydrogens (tertiary/aromatic N) is 3. The number of hydrogen-bond donors (Lipinski definition) is 2. The molecule has 17 heavy (non-hydrogen) atoms. The minimum Gasteiger partial charge on any atom is -0.346 e. The summed E-state index contributed by atoms with van der Waals surface area (Å²) >= 11 is 0. The second kappa shape index (κ2) is 6.85. The molecule has 2 heterocycles. The molecule has 0 atom stereocenters. The summed E-state index contributed by atoms with van der Waals surface area (Å²) in [7, 11) is 0. The van der Waals surface area contributed by atoms with Gasteiger partial charge >= 0.3 is 0 Å². The average Bonchev–Trinajstić information content (AvgIpc) is 3.00. The van der Waals surface area contributed by atoms with Gasteiger partial charge in [-0.2, -0.15) is 0 Å². The van der Waals surface area contributed by atoms with Crippen LogP contribution < -0.4 is 9.88 Å². The Morgan fingerprint density at radius 1 is 1.29 bits per heavy atom. The molecule has 0 saturated heterocycles. The fourth-order valence-corrected chi connectivity index (χ4v) is 1.86. The highest BCUT2D eigenvalue weighted by molar-refractivity contribution is 4.73. The topological polar surface area (TPSA) is 54.1 Å². The molecule has 0 aliphatic heterocycles. The van der Waals surface area contributed by atoms with Crippen molar-refractivity contribution in [3.05, 3.63) is 37.4 Å². The maximum atomic E-state index is 4.03. The molecular weight excluding hydrogens is 214 g/mol. The Hall–Kier alpha value is -1.62. The zero-order valence-electron chi connectivity index (χ0n) is 10.1. The van der Waals surface area contributed by atoms with Crippen LogP contribution in [0.25, 0.3) is 0 Å². The molecule has 3 N–H and O–H groups in total. The second-order valence-electron chi connectivity index (χ2n) is 4.22. The number of aromatic nitrogens is 4. The number of hydrogen-bond acceptors (Lipinski definition) is 1. The van der Waals surface area contributed by atoms with Crippen LogP contribution in [-0.4, -0.2) is 27.6 Å². The van der Waals surface area contributed by atoms with Crippen molar-refractivity contribution < 1.29 is 9.88 Å². The van der Waals surface area contributed by atoms with Crippen molar-refractivity contribution in [1.29, 1.82) is 0 Å². The van der Waals surface area contributed by atoms with Crippen LogP contribution in [0.2, 0.25) is 0 Å². The van der Waals surface area contributed by atoms with E-state index in [0.29, 0.717) is 0 Å². The van der Waals surface area contributed by atoms with Crippen LogP contribution in [0.1, 0.15) is 12.8 Å². The minimum atomic E-state index is 1.07. The first-order valence-corrected chi connectivity index (χ1v) is 6.24.